The molecule has 0 saturated carbocycles. The number of furan rings is 1. The molecule has 0 radical (unpaired) electrons. The van der Waals surface area contributed by atoms with Crippen molar-refractivity contribution in [3.8, 4) is 5.75 Å². The summed E-state index contributed by atoms with van der Waals surface area (Å²) in [5.74, 6) is 0.924. The largest absolute Gasteiger partial charge is 0.489 e. The molecule has 136 valence electrons. The van der Waals surface area contributed by atoms with Crippen LogP contribution in [0.5, 0.6) is 5.75 Å². The quantitative estimate of drug-likeness (QED) is 0.464. The van der Waals surface area contributed by atoms with E-state index >= 15 is 0 Å². The monoisotopic (exact) mass is 363 g/mol. The first-order chi connectivity index (χ1) is 13.2. The Morgan fingerprint density at radius 2 is 1.81 bits per heavy atom. The Labute approximate surface area is 155 Å². The zero-order valence-electron chi connectivity index (χ0n) is 14.7. The molecule has 0 N–H and O–H groups in total. The molecule has 0 spiro atoms. The topological polar surface area (TPSA) is 74.7 Å². The van der Waals surface area contributed by atoms with Crippen LogP contribution in [0.4, 0.5) is 0 Å². The maximum absolute atomic E-state index is 12.6. The SMILES string of the molecule is Cc1cc(COC(=O)c2oc3ccccc3c2COc2ccccc2)no1. The molecular formula is C21H17NO5. The molecule has 0 atom stereocenters. The average Bonchev–Trinajstić information content (AvgIpc) is 3.28. The lowest BCUT2D eigenvalue weighted by Crippen LogP contribution is -2.08. The van der Waals surface area contributed by atoms with Gasteiger partial charge in [0.15, 0.2) is 0 Å². The Morgan fingerprint density at radius 3 is 2.59 bits per heavy atom. The van der Waals surface area contributed by atoms with Crippen LogP contribution in [0.1, 0.15) is 27.6 Å². The van der Waals surface area contributed by atoms with E-state index < -0.39 is 5.97 Å². The van der Waals surface area contributed by atoms with Crippen molar-refractivity contribution in [3.63, 3.8) is 0 Å². The predicted molar refractivity (Wildman–Crippen MR) is 97.3 cm³/mol. The molecule has 4 aromatic rings. The fourth-order valence-electron chi connectivity index (χ4n) is 2.77. The highest BCUT2D eigenvalue weighted by Crippen LogP contribution is 2.28. The number of nitrogens with zero attached hydrogens (tertiary/aromatic N) is 1. The number of esters is 1. The third-order valence-corrected chi connectivity index (χ3v) is 4.04. The van der Waals surface area contributed by atoms with Crippen molar-refractivity contribution in [2.45, 2.75) is 20.1 Å². The van der Waals surface area contributed by atoms with Gasteiger partial charge in [-0.05, 0) is 25.1 Å². The van der Waals surface area contributed by atoms with Gasteiger partial charge in [-0.3, -0.25) is 0 Å². The lowest BCUT2D eigenvalue weighted by Gasteiger charge is -2.07. The second-order valence-corrected chi connectivity index (χ2v) is 6.01. The molecule has 0 aliphatic heterocycles. The molecule has 0 saturated heterocycles. The summed E-state index contributed by atoms with van der Waals surface area (Å²) in [4.78, 5) is 12.6. The van der Waals surface area contributed by atoms with Crippen molar-refractivity contribution in [2.75, 3.05) is 0 Å². The van der Waals surface area contributed by atoms with Gasteiger partial charge in [0.1, 0.15) is 36.0 Å². The third-order valence-electron chi connectivity index (χ3n) is 4.04. The standard InChI is InChI=1S/C21H17NO5/c1-14-11-15(22-27-14)12-25-21(23)20-18(13-24-16-7-3-2-4-8-16)17-9-5-6-10-19(17)26-20/h2-11H,12-13H2,1H3. The van der Waals surface area contributed by atoms with Gasteiger partial charge < -0.3 is 18.4 Å². The summed E-state index contributed by atoms with van der Waals surface area (Å²) in [6.45, 7) is 1.97. The minimum atomic E-state index is -0.571. The van der Waals surface area contributed by atoms with E-state index in [0.717, 1.165) is 5.39 Å². The third kappa shape index (κ3) is 3.69. The van der Waals surface area contributed by atoms with Crippen molar-refractivity contribution in [2.24, 2.45) is 0 Å². The molecule has 6 nitrogen and oxygen atoms in total. The molecule has 2 aromatic carbocycles. The van der Waals surface area contributed by atoms with E-state index in [9.17, 15) is 4.79 Å². The van der Waals surface area contributed by atoms with E-state index in [1.807, 2.05) is 48.5 Å². The number of hydrogen-bond acceptors (Lipinski definition) is 6. The summed E-state index contributed by atoms with van der Waals surface area (Å²) in [7, 11) is 0. The zero-order chi connectivity index (χ0) is 18.6. The molecule has 0 fully saturated rings. The zero-order valence-corrected chi connectivity index (χ0v) is 14.7. The van der Waals surface area contributed by atoms with E-state index in [-0.39, 0.29) is 19.0 Å². The van der Waals surface area contributed by atoms with Crippen LogP contribution >= 0.6 is 0 Å². The number of para-hydroxylation sites is 2. The predicted octanol–water partition coefficient (Wildman–Crippen LogP) is 4.67. The Hall–Kier alpha value is -3.54. The first-order valence-corrected chi connectivity index (χ1v) is 8.48. The fourth-order valence-corrected chi connectivity index (χ4v) is 2.77. The number of rotatable bonds is 6. The number of fused-ring (bicyclic) bond motifs is 1. The van der Waals surface area contributed by atoms with E-state index in [2.05, 4.69) is 5.16 Å². The number of ether oxygens (including phenoxy) is 2. The van der Waals surface area contributed by atoms with Gasteiger partial charge in [0.25, 0.3) is 0 Å². The lowest BCUT2D eigenvalue weighted by molar-refractivity contribution is 0.0426. The van der Waals surface area contributed by atoms with E-state index in [1.165, 1.54) is 0 Å². The first kappa shape index (κ1) is 16.9. The van der Waals surface area contributed by atoms with Crippen LogP contribution in [-0.4, -0.2) is 11.1 Å². The van der Waals surface area contributed by atoms with Crippen molar-refractivity contribution < 1.29 is 23.2 Å². The molecular weight excluding hydrogens is 346 g/mol. The van der Waals surface area contributed by atoms with E-state index in [1.54, 1.807) is 19.1 Å². The highest BCUT2D eigenvalue weighted by molar-refractivity contribution is 5.96. The van der Waals surface area contributed by atoms with Gasteiger partial charge in [-0.1, -0.05) is 41.6 Å². The number of aromatic nitrogens is 1. The smallest absolute Gasteiger partial charge is 0.375 e. The fraction of sp³-hybridized carbons (Fsp3) is 0.143. The summed E-state index contributed by atoms with van der Waals surface area (Å²) in [5.41, 5.74) is 1.79. The van der Waals surface area contributed by atoms with Crippen LogP contribution in [0.3, 0.4) is 0 Å². The second-order valence-electron chi connectivity index (χ2n) is 6.01. The molecule has 0 amide bonds. The Morgan fingerprint density at radius 1 is 1.04 bits per heavy atom. The minimum Gasteiger partial charge on any atom is -0.489 e. The highest BCUT2D eigenvalue weighted by Gasteiger charge is 2.22. The molecule has 0 bridgehead atoms. The molecule has 27 heavy (non-hydrogen) atoms. The summed E-state index contributed by atoms with van der Waals surface area (Å²) in [5, 5.41) is 4.63. The lowest BCUT2D eigenvalue weighted by atomic mass is 10.1. The van der Waals surface area contributed by atoms with Crippen LogP contribution in [0.15, 0.2) is 69.6 Å². The van der Waals surface area contributed by atoms with Crippen molar-refractivity contribution in [1.29, 1.82) is 0 Å². The number of aryl methyl sites for hydroxylation is 1. The van der Waals surface area contributed by atoms with E-state index in [0.29, 0.717) is 28.4 Å². The highest BCUT2D eigenvalue weighted by atomic mass is 16.5. The van der Waals surface area contributed by atoms with E-state index in [4.69, 9.17) is 18.4 Å². The molecule has 2 aromatic heterocycles. The van der Waals surface area contributed by atoms with Gasteiger partial charge in [0, 0.05) is 11.5 Å². The van der Waals surface area contributed by atoms with Gasteiger partial charge in [-0.2, -0.15) is 0 Å². The summed E-state index contributed by atoms with van der Waals surface area (Å²) >= 11 is 0. The molecule has 2 heterocycles. The number of carbonyl (C=O) groups excluding carboxylic acids is 1. The second kappa shape index (κ2) is 7.37. The normalized spacial score (nSPS) is 10.9. The molecule has 6 heteroatoms. The summed E-state index contributed by atoms with van der Waals surface area (Å²) < 4.78 is 21.9. The van der Waals surface area contributed by atoms with Crippen LogP contribution < -0.4 is 4.74 Å². The first-order valence-electron chi connectivity index (χ1n) is 8.48. The maximum atomic E-state index is 12.6. The van der Waals surface area contributed by atoms with Gasteiger partial charge in [0.05, 0.1) is 5.56 Å². The van der Waals surface area contributed by atoms with Gasteiger partial charge in [-0.15, -0.1) is 0 Å². The van der Waals surface area contributed by atoms with Crippen molar-refractivity contribution in [1.82, 2.24) is 5.16 Å². The number of hydrogen-bond donors (Lipinski definition) is 0. The maximum Gasteiger partial charge on any atom is 0.375 e. The molecule has 0 aliphatic rings. The molecule has 0 unspecified atom stereocenters. The van der Waals surface area contributed by atoms with Crippen LogP contribution in [-0.2, 0) is 18.0 Å². The molecule has 0 aliphatic carbocycles. The van der Waals surface area contributed by atoms with Crippen LogP contribution in [0, 0.1) is 6.92 Å². The number of carbonyl (C=O) groups is 1. The Kier molecular flexibility index (Phi) is 4.61. The van der Waals surface area contributed by atoms with Gasteiger partial charge >= 0.3 is 5.97 Å². The Bertz CT molecular complexity index is 1060. The van der Waals surface area contributed by atoms with Gasteiger partial charge in [0.2, 0.25) is 5.76 Å². The summed E-state index contributed by atoms with van der Waals surface area (Å²) in [6.07, 6.45) is 0. The van der Waals surface area contributed by atoms with Crippen molar-refractivity contribution in [3.05, 3.63) is 83.4 Å². The minimum absolute atomic E-state index is 0.00615. The van der Waals surface area contributed by atoms with Crippen LogP contribution in [0.2, 0.25) is 0 Å². The van der Waals surface area contributed by atoms with Gasteiger partial charge in [-0.25, -0.2) is 4.79 Å². The summed E-state index contributed by atoms with van der Waals surface area (Å²) in [6, 6.07) is 18.5. The average molecular weight is 363 g/mol. The number of benzene rings is 2. The molecule has 4 rings (SSSR count). The van der Waals surface area contributed by atoms with Crippen molar-refractivity contribution >= 4 is 16.9 Å². The Balaban J connectivity index is 1.58. The van der Waals surface area contributed by atoms with Crippen LogP contribution in [0.25, 0.3) is 11.0 Å².